The van der Waals surface area contributed by atoms with Crippen molar-refractivity contribution in [1.82, 2.24) is 19.7 Å². The van der Waals surface area contributed by atoms with E-state index in [0.29, 0.717) is 12.4 Å². The van der Waals surface area contributed by atoms with Crippen LogP contribution < -0.4 is 5.73 Å². The van der Waals surface area contributed by atoms with Gasteiger partial charge in [-0.1, -0.05) is 35.5 Å². The van der Waals surface area contributed by atoms with Crippen LogP contribution in [0.3, 0.4) is 0 Å². The third-order valence-electron chi connectivity index (χ3n) is 3.14. The molecule has 0 saturated carbocycles. The van der Waals surface area contributed by atoms with E-state index in [0.717, 1.165) is 12.1 Å². The van der Waals surface area contributed by atoms with Crippen molar-refractivity contribution in [3.8, 4) is 0 Å². The Labute approximate surface area is 116 Å². The lowest BCUT2D eigenvalue weighted by molar-refractivity contribution is 0.407. The van der Waals surface area contributed by atoms with Gasteiger partial charge in [-0.3, -0.25) is 0 Å². The van der Waals surface area contributed by atoms with Crippen LogP contribution in [-0.2, 0) is 13.0 Å². The van der Waals surface area contributed by atoms with Crippen molar-refractivity contribution in [1.29, 1.82) is 0 Å². The number of benzene rings is 1. The normalized spacial score (nSPS) is 12.4. The van der Waals surface area contributed by atoms with E-state index >= 15 is 0 Å². The van der Waals surface area contributed by atoms with Crippen LogP contribution in [0.2, 0.25) is 0 Å². The lowest BCUT2D eigenvalue weighted by Gasteiger charge is -2.13. The Morgan fingerprint density at radius 3 is 2.85 bits per heavy atom. The van der Waals surface area contributed by atoms with Gasteiger partial charge in [-0.15, -0.1) is 0 Å². The zero-order valence-electron chi connectivity index (χ0n) is 10.9. The number of hydrogen-bond acceptors (Lipinski definition) is 5. The van der Waals surface area contributed by atoms with Gasteiger partial charge in [0.25, 0.3) is 0 Å². The molecule has 102 valence electrons. The highest BCUT2D eigenvalue weighted by atomic mass is 16.5. The Kier molecular flexibility index (Phi) is 3.56. The minimum absolute atomic E-state index is 0.119. The first-order valence-electron chi connectivity index (χ1n) is 6.37. The fraction of sp³-hybridized carbons (Fsp3) is 0.214. The Balaban J connectivity index is 1.75. The molecule has 1 aromatic carbocycles. The Bertz CT molecular complexity index is 647. The van der Waals surface area contributed by atoms with E-state index in [1.165, 1.54) is 12.0 Å². The standard InChI is InChI=1S/C14H15N5O/c15-12(6-11-4-2-1-3-5-11)13-7-16-9-19(13)8-14-17-10-20-18-14/h1-5,7,9-10,12H,6,8,15H2/t12-/m1/s1. The monoisotopic (exact) mass is 269 g/mol. The van der Waals surface area contributed by atoms with E-state index in [2.05, 4.69) is 27.3 Å². The molecule has 3 aromatic rings. The molecule has 2 aromatic heterocycles. The van der Waals surface area contributed by atoms with E-state index in [1.54, 1.807) is 12.5 Å². The maximum Gasteiger partial charge on any atom is 0.213 e. The number of aromatic nitrogens is 4. The number of nitrogens with zero attached hydrogens (tertiary/aromatic N) is 4. The van der Waals surface area contributed by atoms with Gasteiger partial charge in [0, 0.05) is 6.20 Å². The molecule has 2 N–H and O–H groups in total. The van der Waals surface area contributed by atoms with Crippen LogP contribution in [0, 0.1) is 0 Å². The molecule has 20 heavy (non-hydrogen) atoms. The first-order chi connectivity index (χ1) is 9.83. The highest BCUT2D eigenvalue weighted by Crippen LogP contribution is 2.16. The van der Waals surface area contributed by atoms with Crippen LogP contribution in [0.4, 0.5) is 0 Å². The highest BCUT2D eigenvalue weighted by molar-refractivity contribution is 5.18. The molecule has 0 amide bonds. The largest absolute Gasteiger partial charge is 0.343 e. The molecule has 0 spiro atoms. The van der Waals surface area contributed by atoms with Gasteiger partial charge in [0.15, 0.2) is 5.82 Å². The molecular formula is C14H15N5O. The summed E-state index contributed by atoms with van der Waals surface area (Å²) in [5.41, 5.74) is 8.43. The average Bonchev–Trinajstić information content (AvgIpc) is 3.12. The molecule has 0 saturated heterocycles. The van der Waals surface area contributed by atoms with Gasteiger partial charge in [-0.2, -0.15) is 4.98 Å². The molecule has 1 atom stereocenters. The van der Waals surface area contributed by atoms with Gasteiger partial charge in [0.1, 0.15) is 0 Å². The van der Waals surface area contributed by atoms with Crippen molar-refractivity contribution in [2.75, 3.05) is 0 Å². The van der Waals surface area contributed by atoms with E-state index in [-0.39, 0.29) is 6.04 Å². The number of nitrogens with two attached hydrogens (primary N) is 1. The molecule has 0 aliphatic heterocycles. The fourth-order valence-electron chi connectivity index (χ4n) is 2.16. The summed E-state index contributed by atoms with van der Waals surface area (Å²) in [6, 6.07) is 10.0. The molecule has 0 bridgehead atoms. The van der Waals surface area contributed by atoms with Gasteiger partial charge in [0.05, 0.1) is 24.6 Å². The molecule has 2 heterocycles. The zero-order valence-corrected chi connectivity index (χ0v) is 10.9. The molecule has 0 unspecified atom stereocenters. The summed E-state index contributed by atoms with van der Waals surface area (Å²) in [6.45, 7) is 0.508. The van der Waals surface area contributed by atoms with E-state index in [4.69, 9.17) is 10.3 Å². The first-order valence-corrected chi connectivity index (χ1v) is 6.37. The van der Waals surface area contributed by atoms with Crippen molar-refractivity contribution in [2.24, 2.45) is 5.73 Å². The summed E-state index contributed by atoms with van der Waals surface area (Å²) in [6.07, 6.45) is 5.60. The number of rotatable bonds is 5. The van der Waals surface area contributed by atoms with Crippen LogP contribution in [0.25, 0.3) is 0 Å². The molecule has 0 aliphatic carbocycles. The lowest BCUT2D eigenvalue weighted by Crippen LogP contribution is -2.18. The topological polar surface area (TPSA) is 82.8 Å². The summed E-state index contributed by atoms with van der Waals surface area (Å²) in [4.78, 5) is 8.17. The quantitative estimate of drug-likeness (QED) is 0.760. The molecule has 6 heteroatoms. The molecule has 6 nitrogen and oxygen atoms in total. The summed E-state index contributed by atoms with van der Waals surface area (Å²) >= 11 is 0. The van der Waals surface area contributed by atoms with Gasteiger partial charge >= 0.3 is 0 Å². The Hall–Kier alpha value is -2.47. The third-order valence-corrected chi connectivity index (χ3v) is 3.14. The maximum atomic E-state index is 6.28. The van der Waals surface area contributed by atoms with Crippen LogP contribution >= 0.6 is 0 Å². The minimum atomic E-state index is -0.119. The summed E-state index contributed by atoms with van der Waals surface area (Å²) in [7, 11) is 0. The summed E-state index contributed by atoms with van der Waals surface area (Å²) < 4.78 is 6.68. The Morgan fingerprint density at radius 2 is 2.10 bits per heavy atom. The molecule has 0 radical (unpaired) electrons. The van der Waals surface area contributed by atoms with E-state index in [9.17, 15) is 0 Å². The number of imidazole rings is 1. The predicted molar refractivity (Wildman–Crippen MR) is 72.7 cm³/mol. The van der Waals surface area contributed by atoms with Crippen molar-refractivity contribution in [3.05, 3.63) is 66.3 Å². The minimum Gasteiger partial charge on any atom is -0.343 e. The van der Waals surface area contributed by atoms with Crippen molar-refractivity contribution in [3.63, 3.8) is 0 Å². The fourth-order valence-corrected chi connectivity index (χ4v) is 2.16. The second-order valence-electron chi connectivity index (χ2n) is 4.59. The van der Waals surface area contributed by atoms with Crippen LogP contribution in [0.1, 0.15) is 23.1 Å². The lowest BCUT2D eigenvalue weighted by atomic mass is 10.0. The first kappa shape index (κ1) is 12.6. The van der Waals surface area contributed by atoms with Gasteiger partial charge in [0.2, 0.25) is 6.39 Å². The number of hydrogen-bond donors (Lipinski definition) is 1. The van der Waals surface area contributed by atoms with Crippen molar-refractivity contribution < 1.29 is 4.52 Å². The molecule has 3 rings (SSSR count). The van der Waals surface area contributed by atoms with E-state index in [1.807, 2.05) is 22.8 Å². The van der Waals surface area contributed by atoms with Crippen LogP contribution in [-0.4, -0.2) is 19.7 Å². The molecule has 0 aliphatic rings. The second-order valence-corrected chi connectivity index (χ2v) is 4.59. The zero-order chi connectivity index (χ0) is 13.8. The second kappa shape index (κ2) is 5.66. The Morgan fingerprint density at radius 1 is 1.25 bits per heavy atom. The van der Waals surface area contributed by atoms with Crippen molar-refractivity contribution >= 4 is 0 Å². The van der Waals surface area contributed by atoms with Crippen molar-refractivity contribution in [2.45, 2.75) is 19.0 Å². The highest BCUT2D eigenvalue weighted by Gasteiger charge is 2.13. The smallest absolute Gasteiger partial charge is 0.213 e. The predicted octanol–water partition coefficient (Wildman–Crippen LogP) is 1.56. The van der Waals surface area contributed by atoms with Gasteiger partial charge < -0.3 is 14.8 Å². The average molecular weight is 269 g/mol. The SMILES string of the molecule is N[C@H](Cc1ccccc1)c1cncn1Cc1ncon1. The van der Waals surface area contributed by atoms with Gasteiger partial charge in [-0.05, 0) is 12.0 Å². The molecular weight excluding hydrogens is 254 g/mol. The summed E-state index contributed by atoms with van der Waals surface area (Å²) in [5.74, 6) is 0.608. The third kappa shape index (κ3) is 2.75. The molecule has 0 fully saturated rings. The summed E-state index contributed by atoms with van der Waals surface area (Å²) in [5, 5.41) is 3.80. The van der Waals surface area contributed by atoms with Gasteiger partial charge in [-0.25, -0.2) is 4.98 Å². The maximum absolute atomic E-state index is 6.28. The van der Waals surface area contributed by atoms with Crippen LogP contribution in [0.15, 0.2) is 53.8 Å². The van der Waals surface area contributed by atoms with E-state index < -0.39 is 0 Å². The van der Waals surface area contributed by atoms with Crippen LogP contribution in [0.5, 0.6) is 0 Å².